The highest BCUT2D eigenvalue weighted by molar-refractivity contribution is 7.90. The highest BCUT2D eigenvalue weighted by Gasteiger charge is 2.15. The van der Waals surface area contributed by atoms with E-state index in [1.165, 1.54) is 44.9 Å². The number of primary amides is 1. The molecule has 14 nitrogen and oxygen atoms in total. The first-order chi connectivity index (χ1) is 20.2. The molecule has 0 unspecified atom stereocenters. The summed E-state index contributed by atoms with van der Waals surface area (Å²) in [5, 5.41) is 16.7. The van der Waals surface area contributed by atoms with Gasteiger partial charge < -0.3 is 26.4 Å². The average molecular weight is 620 g/mol. The maximum absolute atomic E-state index is 12.1. The van der Waals surface area contributed by atoms with E-state index in [0.29, 0.717) is 12.8 Å². The molecule has 0 rings (SSSR count). The van der Waals surface area contributed by atoms with Crippen molar-refractivity contribution in [3.63, 3.8) is 0 Å². The van der Waals surface area contributed by atoms with Crippen molar-refractivity contribution in [3.8, 4) is 0 Å². The van der Waals surface area contributed by atoms with Crippen molar-refractivity contribution in [3.05, 3.63) is 0 Å². The second-order valence-electron chi connectivity index (χ2n) is 10.2. The monoisotopic (exact) mass is 619 g/mol. The Kier molecular flexibility index (Phi) is 25.5. The Morgan fingerprint density at radius 2 is 1.19 bits per heavy atom. The predicted octanol–water partition coefficient (Wildman–Crippen LogP) is 3.00. The molecule has 0 aromatic rings. The quantitative estimate of drug-likeness (QED) is 0.0208. The lowest BCUT2D eigenvalue weighted by Crippen LogP contribution is -2.33. The van der Waals surface area contributed by atoms with Gasteiger partial charge in [0, 0.05) is 25.8 Å². The molecule has 42 heavy (non-hydrogen) atoms. The second kappa shape index (κ2) is 27.2. The van der Waals surface area contributed by atoms with Gasteiger partial charge in [0.05, 0.1) is 25.6 Å². The molecule has 15 heteroatoms. The number of carbonyl (C=O) groups excluding carboxylic acids is 3. The number of nitrogens with two attached hydrogens (primary N) is 2. The molecule has 0 saturated carbocycles. The third-order valence-corrected chi connectivity index (χ3v) is 7.63. The summed E-state index contributed by atoms with van der Waals surface area (Å²) in [6.45, 7) is 0.811. The van der Waals surface area contributed by atoms with E-state index in [0.717, 1.165) is 32.1 Å². The van der Waals surface area contributed by atoms with E-state index in [-0.39, 0.29) is 69.7 Å². The van der Waals surface area contributed by atoms with Crippen molar-refractivity contribution in [2.45, 2.75) is 109 Å². The molecule has 0 aromatic carbocycles. The van der Waals surface area contributed by atoms with Gasteiger partial charge in [0.2, 0.25) is 27.7 Å². The predicted molar refractivity (Wildman–Crippen MR) is 161 cm³/mol. The van der Waals surface area contributed by atoms with Crippen molar-refractivity contribution in [1.82, 2.24) is 10.0 Å². The van der Waals surface area contributed by atoms with Gasteiger partial charge in [-0.3, -0.25) is 24.5 Å². The van der Waals surface area contributed by atoms with E-state index < -0.39 is 21.8 Å². The Hall–Kier alpha value is -2.65. The van der Waals surface area contributed by atoms with Crippen LogP contribution < -0.4 is 21.6 Å². The summed E-state index contributed by atoms with van der Waals surface area (Å²) in [7, 11) is -3.77. The Balaban J connectivity index is 3.56. The van der Waals surface area contributed by atoms with Crippen LogP contribution in [0.5, 0.6) is 0 Å². The summed E-state index contributed by atoms with van der Waals surface area (Å²) in [5.41, 5.74) is 4.93. The van der Waals surface area contributed by atoms with Crippen molar-refractivity contribution in [2.24, 2.45) is 21.9 Å². The Morgan fingerprint density at radius 3 is 1.74 bits per heavy atom. The normalized spacial score (nSPS) is 11.5. The van der Waals surface area contributed by atoms with E-state index in [1.54, 1.807) is 0 Å². The standard InChI is InChI=1S/C27H53N7O7S/c28-24(32-34-30)15-12-10-8-6-4-2-1-3-5-7-9-11-13-16-27(37)33-42(38,39)22-14-17-26(36)31-18-19-40-20-21-41-23-25(29)35/h1-23H2,(H2,29,35)(H,31,36)(H,33,37)(H3,28,30,32). The van der Waals surface area contributed by atoms with Gasteiger partial charge in [-0.05, 0) is 19.3 Å². The SMILES string of the molecule is N=C(CCCCCCCCCCCCCCCC(=O)NS(=O)(=O)CCCC(=O)NCCOCCOCC(N)=O)N=NN. The number of ether oxygens (including phenoxy) is 2. The fourth-order valence-electron chi connectivity index (χ4n) is 4.08. The zero-order chi connectivity index (χ0) is 31.3. The highest BCUT2D eigenvalue weighted by atomic mass is 32.2. The van der Waals surface area contributed by atoms with Gasteiger partial charge in [-0.25, -0.2) is 8.42 Å². The Bertz CT molecular complexity index is 886. The minimum Gasteiger partial charge on any atom is -0.377 e. The number of nitrogens with zero attached hydrogens (tertiary/aromatic N) is 2. The lowest BCUT2D eigenvalue weighted by atomic mass is 10.0. The lowest BCUT2D eigenvalue weighted by molar-refractivity contribution is -0.123. The number of nitrogens with one attached hydrogen (secondary N) is 3. The summed E-state index contributed by atoms with van der Waals surface area (Å²) in [6.07, 6.45) is 15.2. The summed E-state index contributed by atoms with van der Waals surface area (Å²) in [6, 6.07) is 0. The van der Waals surface area contributed by atoms with Crippen LogP contribution in [0.2, 0.25) is 0 Å². The molecule has 0 fully saturated rings. The Labute approximate surface area is 251 Å². The van der Waals surface area contributed by atoms with Crippen molar-refractivity contribution in [1.29, 1.82) is 5.41 Å². The number of carbonyl (C=O) groups is 3. The van der Waals surface area contributed by atoms with Crippen LogP contribution in [0.25, 0.3) is 0 Å². The zero-order valence-corrected chi connectivity index (χ0v) is 25.9. The van der Waals surface area contributed by atoms with Crippen LogP contribution in [0, 0.1) is 5.41 Å². The molecule has 0 radical (unpaired) electrons. The summed E-state index contributed by atoms with van der Waals surface area (Å²) in [5.74, 6) is 3.49. The molecule has 0 heterocycles. The molecule has 0 aliphatic rings. The molecule has 0 saturated heterocycles. The van der Waals surface area contributed by atoms with Gasteiger partial charge >= 0.3 is 0 Å². The van der Waals surface area contributed by atoms with Crippen molar-refractivity contribution in [2.75, 3.05) is 38.7 Å². The number of amidine groups is 1. The Morgan fingerprint density at radius 1 is 0.690 bits per heavy atom. The van der Waals surface area contributed by atoms with Crippen LogP contribution in [-0.2, 0) is 33.9 Å². The largest absolute Gasteiger partial charge is 0.377 e. The van der Waals surface area contributed by atoms with Crippen LogP contribution in [-0.4, -0.2) is 70.7 Å². The molecule has 3 amide bonds. The van der Waals surface area contributed by atoms with Crippen LogP contribution in [0.3, 0.4) is 0 Å². The molecule has 7 N–H and O–H groups in total. The highest BCUT2D eigenvalue weighted by Crippen LogP contribution is 2.13. The fourth-order valence-corrected chi connectivity index (χ4v) is 5.16. The number of hydrogen-bond donors (Lipinski definition) is 5. The van der Waals surface area contributed by atoms with Crippen molar-refractivity contribution >= 4 is 33.6 Å². The summed E-state index contributed by atoms with van der Waals surface area (Å²) in [4.78, 5) is 34.3. The van der Waals surface area contributed by atoms with E-state index >= 15 is 0 Å². The van der Waals surface area contributed by atoms with Crippen LogP contribution in [0.1, 0.15) is 109 Å². The van der Waals surface area contributed by atoms with Crippen LogP contribution in [0.15, 0.2) is 10.3 Å². The molecule has 0 atom stereocenters. The molecule has 0 aliphatic heterocycles. The molecule has 0 bridgehead atoms. The summed E-state index contributed by atoms with van der Waals surface area (Å²) >= 11 is 0. The molecular weight excluding hydrogens is 566 g/mol. The van der Waals surface area contributed by atoms with Crippen molar-refractivity contribution < 1.29 is 32.3 Å². The molecule has 0 aliphatic carbocycles. The van der Waals surface area contributed by atoms with Gasteiger partial charge in [-0.1, -0.05) is 75.9 Å². The number of sulfonamides is 1. The molecular formula is C27H53N7O7S. The third kappa shape index (κ3) is 28.9. The number of unbranched alkanes of at least 4 members (excludes halogenated alkanes) is 12. The molecule has 0 aromatic heterocycles. The second-order valence-corrected chi connectivity index (χ2v) is 12.0. The van der Waals surface area contributed by atoms with Gasteiger partial charge in [0.25, 0.3) is 0 Å². The molecule has 244 valence electrons. The lowest BCUT2D eigenvalue weighted by Gasteiger charge is -2.08. The first-order valence-electron chi connectivity index (χ1n) is 15.1. The number of amides is 3. The fraction of sp³-hybridized carbons (Fsp3) is 0.852. The third-order valence-electron chi connectivity index (χ3n) is 6.27. The average Bonchev–Trinajstić information content (AvgIpc) is 2.91. The minimum atomic E-state index is -3.77. The molecule has 0 spiro atoms. The van der Waals surface area contributed by atoms with E-state index in [9.17, 15) is 22.8 Å². The van der Waals surface area contributed by atoms with Gasteiger partial charge in [-0.2, -0.15) is 0 Å². The number of rotatable bonds is 29. The maximum atomic E-state index is 12.1. The smallest absolute Gasteiger partial charge is 0.243 e. The summed E-state index contributed by atoms with van der Waals surface area (Å²) < 4.78 is 36.4. The first-order valence-corrected chi connectivity index (χ1v) is 16.7. The van der Waals surface area contributed by atoms with E-state index in [1.807, 2.05) is 0 Å². The van der Waals surface area contributed by atoms with Gasteiger partial charge in [0.15, 0.2) is 0 Å². The van der Waals surface area contributed by atoms with E-state index in [2.05, 4.69) is 20.4 Å². The van der Waals surface area contributed by atoms with Gasteiger partial charge in [-0.15, -0.1) is 5.11 Å². The zero-order valence-electron chi connectivity index (χ0n) is 25.1. The number of hydrogen-bond acceptors (Lipinski definition) is 9. The van der Waals surface area contributed by atoms with E-state index in [4.69, 9.17) is 26.5 Å². The first kappa shape index (κ1) is 39.4. The van der Waals surface area contributed by atoms with Gasteiger partial charge in [0.1, 0.15) is 12.4 Å². The minimum absolute atomic E-state index is 0.0221. The van der Waals surface area contributed by atoms with Crippen LogP contribution in [0.4, 0.5) is 0 Å². The van der Waals surface area contributed by atoms with Crippen LogP contribution >= 0.6 is 0 Å². The topological polar surface area (TPSA) is 228 Å². The maximum Gasteiger partial charge on any atom is 0.243 e.